The molecule has 0 amide bonds. The molecular weight excluding hydrogens is 142 g/mol. The second kappa shape index (κ2) is 3.52. The van der Waals surface area contributed by atoms with Gasteiger partial charge in [0.05, 0.1) is 12.2 Å². The van der Waals surface area contributed by atoms with Crippen LogP contribution in [0.3, 0.4) is 0 Å². The van der Waals surface area contributed by atoms with Crippen LogP contribution in [0.2, 0.25) is 0 Å². The lowest BCUT2D eigenvalue weighted by Gasteiger charge is -2.32. The van der Waals surface area contributed by atoms with Gasteiger partial charge in [-0.25, -0.2) is 0 Å². The molecule has 0 heterocycles. The summed E-state index contributed by atoms with van der Waals surface area (Å²) in [7, 11) is 1.65. The molecule has 11 heavy (non-hydrogen) atoms. The van der Waals surface area contributed by atoms with Crippen molar-refractivity contribution in [2.75, 3.05) is 13.7 Å². The molecule has 0 bridgehead atoms. The number of nitrogens with two attached hydrogens (primary N) is 1. The van der Waals surface area contributed by atoms with Gasteiger partial charge in [-0.05, 0) is 27.2 Å². The fourth-order valence-corrected chi connectivity index (χ4v) is 1.10. The summed E-state index contributed by atoms with van der Waals surface area (Å²) in [5.74, 6) is 0. The third-order valence-corrected chi connectivity index (χ3v) is 1.74. The summed E-state index contributed by atoms with van der Waals surface area (Å²) in [5.41, 5.74) is 4.95. The normalized spacial score (nSPS) is 18.0. The highest BCUT2D eigenvalue weighted by atomic mass is 16.5. The van der Waals surface area contributed by atoms with Crippen LogP contribution in [0.1, 0.15) is 27.2 Å². The molecule has 3 heteroatoms. The second-order valence-electron chi connectivity index (χ2n) is 3.95. The minimum absolute atomic E-state index is 0.0141. The van der Waals surface area contributed by atoms with E-state index in [0.717, 1.165) is 0 Å². The molecule has 0 aromatic rings. The summed E-state index contributed by atoms with van der Waals surface area (Å²) in [6.45, 7) is 5.70. The summed E-state index contributed by atoms with van der Waals surface area (Å²) in [6, 6.07) is 0. The molecule has 0 radical (unpaired) electrons. The third-order valence-electron chi connectivity index (χ3n) is 1.74. The molecule has 0 saturated heterocycles. The Bertz CT molecular complexity index is 107. The van der Waals surface area contributed by atoms with Crippen LogP contribution in [0.4, 0.5) is 0 Å². The van der Waals surface area contributed by atoms with Crippen LogP contribution in [0.25, 0.3) is 0 Å². The maximum atomic E-state index is 8.87. The molecule has 0 aliphatic rings. The van der Waals surface area contributed by atoms with Crippen LogP contribution in [-0.4, -0.2) is 30.0 Å². The number of aliphatic hydroxyl groups is 1. The molecule has 0 aromatic carbocycles. The molecule has 0 fully saturated rings. The summed E-state index contributed by atoms with van der Waals surface area (Å²) < 4.78 is 5.18. The average molecular weight is 161 g/mol. The Morgan fingerprint density at radius 2 is 1.82 bits per heavy atom. The van der Waals surface area contributed by atoms with Gasteiger partial charge in [0.2, 0.25) is 0 Å². The molecule has 0 saturated carbocycles. The summed E-state index contributed by atoms with van der Waals surface area (Å²) >= 11 is 0. The van der Waals surface area contributed by atoms with Gasteiger partial charge in [-0.2, -0.15) is 0 Å². The predicted molar refractivity (Wildman–Crippen MR) is 45.4 cm³/mol. The van der Waals surface area contributed by atoms with E-state index in [9.17, 15) is 0 Å². The van der Waals surface area contributed by atoms with E-state index < -0.39 is 5.54 Å². The van der Waals surface area contributed by atoms with Gasteiger partial charge in [0.1, 0.15) is 0 Å². The lowest BCUT2D eigenvalue weighted by molar-refractivity contribution is -0.00875. The third kappa shape index (κ3) is 4.35. The van der Waals surface area contributed by atoms with E-state index >= 15 is 0 Å². The molecular formula is C8H19NO2. The number of hydrogen-bond donors (Lipinski definition) is 2. The van der Waals surface area contributed by atoms with Crippen LogP contribution in [0.15, 0.2) is 0 Å². The molecule has 0 aromatic heterocycles. The Kier molecular flexibility index (Phi) is 3.48. The van der Waals surface area contributed by atoms with Gasteiger partial charge in [-0.1, -0.05) is 0 Å². The van der Waals surface area contributed by atoms with Crippen molar-refractivity contribution < 1.29 is 9.84 Å². The quantitative estimate of drug-likeness (QED) is 0.631. The molecule has 1 atom stereocenters. The first-order valence-corrected chi connectivity index (χ1v) is 3.78. The van der Waals surface area contributed by atoms with Gasteiger partial charge in [-0.15, -0.1) is 0 Å². The fourth-order valence-electron chi connectivity index (χ4n) is 1.10. The van der Waals surface area contributed by atoms with Gasteiger partial charge < -0.3 is 15.6 Å². The molecule has 3 N–H and O–H groups in total. The molecule has 3 nitrogen and oxygen atoms in total. The van der Waals surface area contributed by atoms with E-state index in [1.54, 1.807) is 7.11 Å². The molecule has 0 aliphatic heterocycles. The number of hydrogen-bond acceptors (Lipinski definition) is 3. The highest BCUT2D eigenvalue weighted by Crippen LogP contribution is 2.20. The topological polar surface area (TPSA) is 55.5 Å². The second-order valence-corrected chi connectivity index (χ2v) is 3.95. The van der Waals surface area contributed by atoms with Crippen molar-refractivity contribution in [2.45, 2.75) is 38.3 Å². The molecule has 0 aliphatic carbocycles. The Morgan fingerprint density at radius 1 is 1.36 bits per heavy atom. The van der Waals surface area contributed by atoms with E-state index in [-0.39, 0.29) is 12.2 Å². The van der Waals surface area contributed by atoms with Gasteiger partial charge in [-0.3, -0.25) is 0 Å². The van der Waals surface area contributed by atoms with Crippen LogP contribution in [0.5, 0.6) is 0 Å². The van der Waals surface area contributed by atoms with Crippen LogP contribution >= 0.6 is 0 Å². The number of ether oxygens (including phenoxy) is 1. The van der Waals surface area contributed by atoms with Gasteiger partial charge in [0.25, 0.3) is 0 Å². The zero-order valence-corrected chi connectivity index (χ0v) is 7.85. The average Bonchev–Trinajstić information content (AvgIpc) is 1.86. The zero-order valence-electron chi connectivity index (χ0n) is 7.85. The van der Waals surface area contributed by atoms with Crippen molar-refractivity contribution in [1.29, 1.82) is 0 Å². The lowest BCUT2D eigenvalue weighted by Crippen LogP contribution is -2.46. The first-order chi connectivity index (χ1) is 4.83. The highest BCUT2D eigenvalue weighted by molar-refractivity contribution is 4.85. The van der Waals surface area contributed by atoms with Crippen LogP contribution in [0, 0.1) is 0 Å². The Morgan fingerprint density at radius 3 is 2.09 bits per heavy atom. The van der Waals surface area contributed by atoms with E-state index in [0.29, 0.717) is 6.42 Å². The van der Waals surface area contributed by atoms with Crippen molar-refractivity contribution in [3.8, 4) is 0 Å². The van der Waals surface area contributed by atoms with Crippen molar-refractivity contribution in [1.82, 2.24) is 0 Å². The zero-order chi connectivity index (χ0) is 9.12. The Labute approximate surface area is 68.5 Å². The SMILES string of the molecule is COC(C)(C)CC(C)(N)CO. The van der Waals surface area contributed by atoms with Crippen molar-refractivity contribution in [3.63, 3.8) is 0 Å². The van der Waals surface area contributed by atoms with E-state index in [1.807, 2.05) is 20.8 Å². The highest BCUT2D eigenvalue weighted by Gasteiger charge is 2.28. The Balaban J connectivity index is 4.02. The predicted octanol–water partition coefficient (Wildman–Crippen LogP) is 0.511. The van der Waals surface area contributed by atoms with Gasteiger partial charge in [0, 0.05) is 12.6 Å². The van der Waals surface area contributed by atoms with Gasteiger partial charge >= 0.3 is 0 Å². The van der Waals surface area contributed by atoms with E-state index in [2.05, 4.69) is 0 Å². The number of aliphatic hydroxyl groups excluding tert-OH is 1. The number of methoxy groups -OCH3 is 1. The fraction of sp³-hybridized carbons (Fsp3) is 1.00. The first kappa shape index (κ1) is 10.9. The summed E-state index contributed by atoms with van der Waals surface area (Å²) in [4.78, 5) is 0. The maximum Gasteiger partial charge on any atom is 0.0641 e. The molecule has 68 valence electrons. The lowest BCUT2D eigenvalue weighted by atomic mass is 9.89. The summed E-state index contributed by atoms with van der Waals surface area (Å²) in [5, 5.41) is 8.87. The van der Waals surface area contributed by atoms with Gasteiger partial charge in [0.15, 0.2) is 0 Å². The minimum Gasteiger partial charge on any atom is -0.394 e. The Hall–Kier alpha value is -0.120. The van der Waals surface area contributed by atoms with Crippen molar-refractivity contribution >= 4 is 0 Å². The van der Waals surface area contributed by atoms with Crippen LogP contribution in [-0.2, 0) is 4.74 Å². The smallest absolute Gasteiger partial charge is 0.0641 e. The van der Waals surface area contributed by atoms with Crippen molar-refractivity contribution in [3.05, 3.63) is 0 Å². The number of rotatable bonds is 4. The van der Waals surface area contributed by atoms with E-state index in [4.69, 9.17) is 15.6 Å². The maximum absolute atomic E-state index is 8.87. The van der Waals surface area contributed by atoms with Crippen molar-refractivity contribution in [2.24, 2.45) is 5.73 Å². The standard InChI is InChI=1S/C8H19NO2/c1-7(2,11-4)5-8(3,9)6-10/h10H,5-6,9H2,1-4H3. The van der Waals surface area contributed by atoms with Crippen LogP contribution < -0.4 is 5.73 Å². The molecule has 1 unspecified atom stereocenters. The summed E-state index contributed by atoms with van der Waals surface area (Å²) in [6.07, 6.45) is 0.646. The monoisotopic (exact) mass is 161 g/mol. The molecule has 0 rings (SSSR count). The molecule has 0 spiro atoms. The minimum atomic E-state index is -0.542. The first-order valence-electron chi connectivity index (χ1n) is 3.78. The largest absolute Gasteiger partial charge is 0.394 e. The van der Waals surface area contributed by atoms with E-state index in [1.165, 1.54) is 0 Å².